The van der Waals surface area contributed by atoms with Gasteiger partial charge in [-0.1, -0.05) is 6.42 Å². The molecule has 90 valence electrons. The zero-order chi connectivity index (χ0) is 11.1. The third-order valence-electron chi connectivity index (χ3n) is 5.02. The van der Waals surface area contributed by atoms with Crippen LogP contribution in [-0.2, 0) is 0 Å². The van der Waals surface area contributed by atoms with E-state index >= 15 is 0 Å². The van der Waals surface area contributed by atoms with Crippen LogP contribution in [0.2, 0.25) is 0 Å². The van der Waals surface area contributed by atoms with Gasteiger partial charge < -0.3 is 10.2 Å². The molecule has 3 nitrogen and oxygen atoms in total. The normalized spacial score (nSPS) is 39.9. The van der Waals surface area contributed by atoms with E-state index < -0.39 is 0 Å². The van der Waals surface area contributed by atoms with Crippen molar-refractivity contribution in [3.63, 3.8) is 0 Å². The predicted octanol–water partition coefficient (Wildman–Crippen LogP) is 2.23. The molecule has 3 rings (SSSR count). The van der Waals surface area contributed by atoms with Gasteiger partial charge in [-0.15, -0.1) is 0 Å². The Morgan fingerprint density at radius 1 is 1.38 bits per heavy atom. The van der Waals surface area contributed by atoms with E-state index in [0.29, 0.717) is 6.04 Å². The van der Waals surface area contributed by atoms with E-state index in [1.165, 1.54) is 25.7 Å². The van der Waals surface area contributed by atoms with Gasteiger partial charge in [-0.05, 0) is 50.4 Å². The van der Waals surface area contributed by atoms with Gasteiger partial charge in [-0.25, -0.2) is 4.79 Å². The van der Waals surface area contributed by atoms with E-state index in [-0.39, 0.29) is 6.03 Å². The standard InChI is InChI=1S/C13H22N2O/c1-9(15-6-2-5-14-13(15)16)12-8-10-3-4-11(12)7-10/h9-12H,2-8H2,1H3,(H,14,16). The van der Waals surface area contributed by atoms with Gasteiger partial charge in [0.05, 0.1) is 0 Å². The number of rotatable bonds is 2. The number of urea groups is 1. The third kappa shape index (κ3) is 1.61. The fraction of sp³-hybridized carbons (Fsp3) is 0.923. The molecule has 0 aromatic heterocycles. The summed E-state index contributed by atoms with van der Waals surface area (Å²) in [6, 6.07) is 0.622. The summed E-state index contributed by atoms with van der Waals surface area (Å²) in [5.41, 5.74) is 0. The van der Waals surface area contributed by atoms with Crippen LogP contribution in [0.1, 0.15) is 39.0 Å². The summed E-state index contributed by atoms with van der Waals surface area (Å²) < 4.78 is 0. The monoisotopic (exact) mass is 222 g/mol. The number of amides is 2. The van der Waals surface area contributed by atoms with E-state index in [1.807, 2.05) is 0 Å². The van der Waals surface area contributed by atoms with Crippen molar-refractivity contribution in [1.29, 1.82) is 0 Å². The summed E-state index contributed by atoms with van der Waals surface area (Å²) in [6.07, 6.45) is 6.77. The van der Waals surface area contributed by atoms with Gasteiger partial charge in [-0.3, -0.25) is 0 Å². The highest BCUT2D eigenvalue weighted by molar-refractivity contribution is 5.75. The van der Waals surface area contributed by atoms with Crippen molar-refractivity contribution < 1.29 is 4.79 Å². The Morgan fingerprint density at radius 3 is 2.88 bits per heavy atom. The first-order chi connectivity index (χ1) is 7.75. The number of carbonyl (C=O) groups is 1. The Bertz CT molecular complexity index is 292. The topological polar surface area (TPSA) is 32.3 Å². The fourth-order valence-electron chi connectivity index (χ4n) is 4.15. The van der Waals surface area contributed by atoms with Gasteiger partial charge in [0.25, 0.3) is 0 Å². The maximum atomic E-state index is 11.8. The van der Waals surface area contributed by atoms with E-state index in [9.17, 15) is 4.79 Å². The smallest absolute Gasteiger partial charge is 0.317 e. The van der Waals surface area contributed by atoms with Gasteiger partial charge in [-0.2, -0.15) is 0 Å². The lowest BCUT2D eigenvalue weighted by molar-refractivity contribution is 0.120. The minimum Gasteiger partial charge on any atom is -0.338 e. The molecule has 4 atom stereocenters. The largest absolute Gasteiger partial charge is 0.338 e. The van der Waals surface area contributed by atoms with Crippen molar-refractivity contribution in [2.24, 2.45) is 17.8 Å². The van der Waals surface area contributed by atoms with E-state index in [0.717, 1.165) is 37.3 Å². The SMILES string of the molecule is CC(C1CC2CCC1C2)N1CCCNC1=O. The highest BCUT2D eigenvalue weighted by Gasteiger charge is 2.44. The Kier molecular flexibility index (Phi) is 2.56. The molecule has 2 saturated carbocycles. The average molecular weight is 222 g/mol. The molecule has 2 bridgehead atoms. The summed E-state index contributed by atoms with van der Waals surface area (Å²) in [4.78, 5) is 13.9. The van der Waals surface area contributed by atoms with E-state index in [1.54, 1.807) is 0 Å². The molecule has 0 radical (unpaired) electrons. The quantitative estimate of drug-likeness (QED) is 0.763. The number of nitrogens with zero attached hydrogens (tertiary/aromatic N) is 1. The van der Waals surface area contributed by atoms with Crippen molar-refractivity contribution in [1.82, 2.24) is 10.2 Å². The first-order valence-electron chi connectivity index (χ1n) is 6.80. The van der Waals surface area contributed by atoms with Crippen LogP contribution in [0.3, 0.4) is 0 Å². The van der Waals surface area contributed by atoms with Gasteiger partial charge in [0.1, 0.15) is 0 Å². The first kappa shape index (κ1) is 10.4. The minimum atomic E-state index is 0.168. The second-order valence-corrected chi connectivity index (χ2v) is 5.86. The Labute approximate surface area is 97.6 Å². The zero-order valence-electron chi connectivity index (χ0n) is 10.1. The van der Waals surface area contributed by atoms with Crippen LogP contribution < -0.4 is 5.32 Å². The van der Waals surface area contributed by atoms with Crippen LogP contribution in [0, 0.1) is 17.8 Å². The molecule has 3 heteroatoms. The van der Waals surface area contributed by atoms with Gasteiger partial charge in [0.2, 0.25) is 0 Å². The number of hydrogen-bond acceptors (Lipinski definition) is 1. The molecule has 1 N–H and O–H groups in total. The van der Waals surface area contributed by atoms with Crippen molar-refractivity contribution in [2.75, 3.05) is 13.1 Å². The van der Waals surface area contributed by atoms with Gasteiger partial charge in [0.15, 0.2) is 0 Å². The lowest BCUT2D eigenvalue weighted by Crippen LogP contribution is -2.53. The molecule has 1 heterocycles. The van der Waals surface area contributed by atoms with Crippen LogP contribution in [0.4, 0.5) is 4.79 Å². The summed E-state index contributed by atoms with van der Waals surface area (Å²) in [6.45, 7) is 4.08. The van der Waals surface area contributed by atoms with Crippen LogP contribution in [0.15, 0.2) is 0 Å². The summed E-state index contributed by atoms with van der Waals surface area (Å²) in [7, 11) is 0. The molecule has 4 unspecified atom stereocenters. The lowest BCUT2D eigenvalue weighted by Gasteiger charge is -2.39. The minimum absolute atomic E-state index is 0.168. The van der Waals surface area contributed by atoms with Crippen molar-refractivity contribution in [3.8, 4) is 0 Å². The molecule has 2 amide bonds. The molecule has 1 aliphatic heterocycles. The molecule has 0 aromatic carbocycles. The lowest BCUT2D eigenvalue weighted by atomic mass is 9.83. The second kappa shape index (κ2) is 3.94. The summed E-state index contributed by atoms with van der Waals surface area (Å²) >= 11 is 0. The first-order valence-corrected chi connectivity index (χ1v) is 6.80. The number of fused-ring (bicyclic) bond motifs is 2. The molecule has 16 heavy (non-hydrogen) atoms. The molecular formula is C13H22N2O. The summed E-state index contributed by atoms with van der Waals surface area (Å²) in [5.74, 6) is 2.67. The molecule has 2 aliphatic carbocycles. The maximum Gasteiger partial charge on any atom is 0.317 e. The average Bonchev–Trinajstić information content (AvgIpc) is 2.90. The van der Waals surface area contributed by atoms with Gasteiger partial charge >= 0.3 is 6.03 Å². The Morgan fingerprint density at radius 2 is 2.25 bits per heavy atom. The second-order valence-electron chi connectivity index (χ2n) is 5.86. The molecule has 1 saturated heterocycles. The zero-order valence-corrected chi connectivity index (χ0v) is 10.1. The predicted molar refractivity (Wildman–Crippen MR) is 63.1 cm³/mol. The van der Waals surface area contributed by atoms with Crippen molar-refractivity contribution in [2.45, 2.75) is 45.1 Å². The molecular weight excluding hydrogens is 200 g/mol. The fourth-order valence-corrected chi connectivity index (χ4v) is 4.15. The third-order valence-corrected chi connectivity index (χ3v) is 5.02. The van der Waals surface area contributed by atoms with Crippen LogP contribution in [0.5, 0.6) is 0 Å². The van der Waals surface area contributed by atoms with Crippen molar-refractivity contribution >= 4 is 6.03 Å². The molecule has 3 aliphatic rings. The van der Waals surface area contributed by atoms with E-state index in [4.69, 9.17) is 0 Å². The summed E-state index contributed by atoms with van der Waals surface area (Å²) in [5, 5.41) is 2.97. The number of hydrogen-bond donors (Lipinski definition) is 1. The van der Waals surface area contributed by atoms with Gasteiger partial charge in [0, 0.05) is 19.1 Å². The highest BCUT2D eigenvalue weighted by atomic mass is 16.2. The molecule has 0 spiro atoms. The Hall–Kier alpha value is -0.730. The highest BCUT2D eigenvalue weighted by Crippen LogP contribution is 2.50. The number of nitrogens with one attached hydrogen (secondary N) is 1. The van der Waals surface area contributed by atoms with Crippen LogP contribution in [0.25, 0.3) is 0 Å². The number of carbonyl (C=O) groups excluding carboxylic acids is 1. The van der Waals surface area contributed by atoms with Crippen molar-refractivity contribution in [3.05, 3.63) is 0 Å². The molecule has 0 aromatic rings. The maximum absolute atomic E-state index is 11.8. The Balaban J connectivity index is 1.67. The van der Waals surface area contributed by atoms with Crippen LogP contribution in [-0.4, -0.2) is 30.1 Å². The van der Waals surface area contributed by atoms with E-state index in [2.05, 4.69) is 17.1 Å². The van der Waals surface area contributed by atoms with Crippen LogP contribution >= 0.6 is 0 Å². The molecule has 3 fully saturated rings.